The third-order valence-electron chi connectivity index (χ3n) is 1.81. The molecule has 0 heterocycles. The van der Waals surface area contributed by atoms with Gasteiger partial charge in [-0.15, -0.1) is 0 Å². The van der Waals surface area contributed by atoms with Gasteiger partial charge in [-0.1, -0.05) is 20.3 Å². The number of rotatable bonds is 4. The van der Waals surface area contributed by atoms with Gasteiger partial charge in [0.05, 0.1) is 6.10 Å². The zero-order valence-corrected chi connectivity index (χ0v) is 6.55. The Balaban J connectivity index is 3.50. The molecule has 0 aliphatic rings. The largest absolute Gasteiger partial charge is 0.380 e. The Morgan fingerprint density at radius 3 is 2.22 bits per heavy atom. The predicted molar refractivity (Wildman–Crippen MR) is 39.3 cm³/mol. The van der Waals surface area contributed by atoms with Crippen molar-refractivity contribution < 1.29 is 4.74 Å². The first-order chi connectivity index (χ1) is 4.26. The van der Waals surface area contributed by atoms with Crippen LogP contribution in [-0.2, 0) is 4.74 Å². The lowest BCUT2D eigenvalue weighted by molar-refractivity contribution is 0.0641. The highest BCUT2D eigenvalue weighted by Gasteiger charge is 2.11. The fraction of sp³-hybridized carbons (Fsp3) is 1.00. The van der Waals surface area contributed by atoms with Gasteiger partial charge in [-0.3, -0.25) is 0 Å². The number of nitrogens with two attached hydrogens (primary N) is 1. The summed E-state index contributed by atoms with van der Waals surface area (Å²) in [5.41, 5.74) is 5.43. The van der Waals surface area contributed by atoms with Gasteiger partial charge in [0.1, 0.15) is 0 Å². The summed E-state index contributed by atoms with van der Waals surface area (Å²) in [5.74, 6) is 0.583. The summed E-state index contributed by atoms with van der Waals surface area (Å²) in [5, 5.41) is 0. The van der Waals surface area contributed by atoms with Gasteiger partial charge in [0, 0.05) is 13.7 Å². The molecule has 0 unspecified atom stereocenters. The van der Waals surface area contributed by atoms with E-state index in [9.17, 15) is 0 Å². The molecule has 2 N–H and O–H groups in total. The predicted octanol–water partition coefficient (Wildman–Crippen LogP) is 1.01. The molecule has 0 spiro atoms. The molecule has 0 saturated carbocycles. The van der Waals surface area contributed by atoms with Gasteiger partial charge in [-0.25, -0.2) is 0 Å². The van der Waals surface area contributed by atoms with Crippen molar-refractivity contribution in [2.24, 2.45) is 11.7 Å². The van der Waals surface area contributed by atoms with Gasteiger partial charge >= 0.3 is 0 Å². The summed E-state index contributed by atoms with van der Waals surface area (Å²) in [4.78, 5) is 0. The number of hydrogen-bond donors (Lipinski definition) is 1. The van der Waals surface area contributed by atoms with Crippen LogP contribution in [-0.4, -0.2) is 19.8 Å². The van der Waals surface area contributed by atoms with Crippen LogP contribution in [0.1, 0.15) is 20.3 Å². The minimum atomic E-state index is 0.245. The van der Waals surface area contributed by atoms with Crippen molar-refractivity contribution in [3.8, 4) is 0 Å². The Hall–Kier alpha value is -0.0800. The Morgan fingerprint density at radius 1 is 1.56 bits per heavy atom. The topological polar surface area (TPSA) is 35.2 Å². The third kappa shape index (κ3) is 2.82. The summed E-state index contributed by atoms with van der Waals surface area (Å²) in [6.07, 6.45) is 1.38. The van der Waals surface area contributed by atoms with Crippen molar-refractivity contribution in [2.75, 3.05) is 13.7 Å². The molecule has 0 bridgehead atoms. The summed E-state index contributed by atoms with van der Waals surface area (Å²) in [6.45, 7) is 4.93. The summed E-state index contributed by atoms with van der Waals surface area (Å²) in [7, 11) is 1.71. The fourth-order valence-electron chi connectivity index (χ4n) is 0.824. The van der Waals surface area contributed by atoms with Crippen LogP contribution in [0.3, 0.4) is 0 Å². The second-order valence-electron chi connectivity index (χ2n) is 2.40. The van der Waals surface area contributed by atoms with E-state index in [-0.39, 0.29) is 6.10 Å². The molecule has 0 aliphatic carbocycles. The van der Waals surface area contributed by atoms with E-state index in [2.05, 4.69) is 13.8 Å². The van der Waals surface area contributed by atoms with E-state index in [0.29, 0.717) is 12.5 Å². The molecular weight excluding hydrogens is 114 g/mol. The monoisotopic (exact) mass is 131 g/mol. The Labute approximate surface area is 57.4 Å². The maximum absolute atomic E-state index is 5.43. The maximum Gasteiger partial charge on any atom is 0.0718 e. The van der Waals surface area contributed by atoms with Crippen molar-refractivity contribution in [1.82, 2.24) is 0 Å². The van der Waals surface area contributed by atoms with Crippen LogP contribution < -0.4 is 5.73 Å². The Kier molecular flexibility index (Phi) is 4.72. The first-order valence-electron chi connectivity index (χ1n) is 3.49. The molecule has 0 aliphatic heterocycles. The van der Waals surface area contributed by atoms with Crippen LogP contribution in [0.15, 0.2) is 0 Å². The molecule has 0 amide bonds. The highest BCUT2D eigenvalue weighted by atomic mass is 16.5. The van der Waals surface area contributed by atoms with Gasteiger partial charge in [0.15, 0.2) is 0 Å². The van der Waals surface area contributed by atoms with Gasteiger partial charge < -0.3 is 10.5 Å². The molecule has 0 saturated heterocycles. The molecule has 0 aromatic heterocycles. The zero-order chi connectivity index (χ0) is 7.28. The van der Waals surface area contributed by atoms with Crippen molar-refractivity contribution >= 4 is 0 Å². The van der Waals surface area contributed by atoms with Crippen LogP contribution in [0.2, 0.25) is 0 Å². The second-order valence-corrected chi connectivity index (χ2v) is 2.40. The summed E-state index contributed by atoms with van der Waals surface area (Å²) in [6, 6.07) is 0. The smallest absolute Gasteiger partial charge is 0.0718 e. The molecule has 0 aromatic rings. The van der Waals surface area contributed by atoms with E-state index in [1.165, 1.54) is 0 Å². The van der Waals surface area contributed by atoms with E-state index in [1.807, 2.05) is 0 Å². The zero-order valence-electron chi connectivity index (χ0n) is 6.55. The molecule has 2 atom stereocenters. The average Bonchev–Trinajstić information content (AvgIpc) is 1.90. The molecule has 2 nitrogen and oxygen atoms in total. The van der Waals surface area contributed by atoms with Crippen molar-refractivity contribution in [3.63, 3.8) is 0 Å². The van der Waals surface area contributed by atoms with Crippen molar-refractivity contribution in [2.45, 2.75) is 26.4 Å². The van der Waals surface area contributed by atoms with E-state index in [0.717, 1.165) is 6.42 Å². The molecule has 0 radical (unpaired) electrons. The molecule has 9 heavy (non-hydrogen) atoms. The molecule has 2 heteroatoms. The number of ether oxygens (including phenoxy) is 1. The lowest BCUT2D eigenvalue weighted by atomic mass is 10.0. The fourth-order valence-corrected chi connectivity index (χ4v) is 0.824. The van der Waals surface area contributed by atoms with Crippen molar-refractivity contribution in [3.05, 3.63) is 0 Å². The molecule has 56 valence electrons. The maximum atomic E-state index is 5.43. The van der Waals surface area contributed by atoms with Gasteiger partial charge in [-0.05, 0) is 5.92 Å². The molecule has 0 aromatic carbocycles. The Bertz CT molecular complexity index is 61.9. The van der Waals surface area contributed by atoms with Crippen molar-refractivity contribution in [1.29, 1.82) is 0 Å². The molecular formula is C7H17NO. The van der Waals surface area contributed by atoms with Crippen LogP contribution in [0.5, 0.6) is 0 Å². The summed E-state index contributed by atoms with van der Waals surface area (Å²) < 4.78 is 5.13. The molecule has 0 fully saturated rings. The van der Waals surface area contributed by atoms with E-state index in [1.54, 1.807) is 7.11 Å². The highest BCUT2D eigenvalue weighted by Crippen LogP contribution is 2.08. The standard InChI is InChI=1S/C7H17NO/c1-4-6(2)7(5-8)9-3/h6-7H,4-5,8H2,1-3H3/t6-,7-/m0/s1. The lowest BCUT2D eigenvalue weighted by Crippen LogP contribution is -2.28. The van der Waals surface area contributed by atoms with Gasteiger partial charge in [0.2, 0.25) is 0 Å². The highest BCUT2D eigenvalue weighted by molar-refractivity contribution is 4.64. The first-order valence-corrected chi connectivity index (χ1v) is 3.49. The third-order valence-corrected chi connectivity index (χ3v) is 1.81. The number of methoxy groups -OCH3 is 1. The van der Waals surface area contributed by atoms with Crippen LogP contribution in [0.25, 0.3) is 0 Å². The summed E-state index contributed by atoms with van der Waals surface area (Å²) >= 11 is 0. The van der Waals surface area contributed by atoms with Gasteiger partial charge in [-0.2, -0.15) is 0 Å². The van der Waals surface area contributed by atoms with Crippen LogP contribution in [0, 0.1) is 5.92 Å². The van der Waals surface area contributed by atoms with Gasteiger partial charge in [0.25, 0.3) is 0 Å². The van der Waals surface area contributed by atoms with Crippen LogP contribution in [0.4, 0.5) is 0 Å². The van der Waals surface area contributed by atoms with E-state index >= 15 is 0 Å². The average molecular weight is 131 g/mol. The quantitative estimate of drug-likeness (QED) is 0.618. The SMILES string of the molecule is CC[C@H](C)[C@H](CN)OC. The lowest BCUT2D eigenvalue weighted by Gasteiger charge is -2.18. The minimum Gasteiger partial charge on any atom is -0.380 e. The number of hydrogen-bond acceptors (Lipinski definition) is 2. The second kappa shape index (κ2) is 4.77. The molecule has 0 rings (SSSR count). The van der Waals surface area contributed by atoms with E-state index < -0.39 is 0 Å². The van der Waals surface area contributed by atoms with Crippen LogP contribution >= 0.6 is 0 Å². The first kappa shape index (κ1) is 8.92. The Morgan fingerprint density at radius 2 is 2.11 bits per heavy atom. The normalized spacial score (nSPS) is 17.3. The van der Waals surface area contributed by atoms with E-state index in [4.69, 9.17) is 10.5 Å². The minimum absolute atomic E-state index is 0.245.